The summed E-state index contributed by atoms with van der Waals surface area (Å²) < 4.78 is 29.5. The number of aromatic nitrogens is 1. The zero-order valence-electron chi connectivity index (χ0n) is 17.6. The molecule has 4 rings (SSSR count). The lowest BCUT2D eigenvalue weighted by Crippen LogP contribution is -2.24. The summed E-state index contributed by atoms with van der Waals surface area (Å²) in [5.41, 5.74) is 0.431. The third-order valence-corrected chi connectivity index (χ3v) is 6.01. The highest BCUT2D eigenvalue weighted by Crippen LogP contribution is 2.27. The standard InChI is InChI=1S/C24H21Cl2F2N3O2/c25-19-4-3-5-20(26)24(19)31-15-16(6-9-22(31)32)23(18-8-7-17(27)14-21(18)28)29-33-13-12-30-10-1-2-11-30/h3-9,14-15H,1-2,10-13H2/b29-23+. The summed E-state index contributed by atoms with van der Waals surface area (Å²) in [7, 11) is 0. The largest absolute Gasteiger partial charge is 0.394 e. The Morgan fingerprint density at radius 3 is 2.45 bits per heavy atom. The average molecular weight is 492 g/mol. The summed E-state index contributed by atoms with van der Waals surface area (Å²) in [5.74, 6) is -1.51. The molecule has 1 fully saturated rings. The molecule has 0 radical (unpaired) electrons. The van der Waals surface area contributed by atoms with Crippen LogP contribution < -0.4 is 5.56 Å². The fourth-order valence-corrected chi connectivity index (χ4v) is 4.33. The highest BCUT2D eigenvalue weighted by atomic mass is 35.5. The van der Waals surface area contributed by atoms with Crippen LogP contribution in [0.5, 0.6) is 0 Å². The van der Waals surface area contributed by atoms with Crippen LogP contribution in [-0.4, -0.2) is 41.4 Å². The third kappa shape index (κ3) is 5.43. The van der Waals surface area contributed by atoms with E-state index in [0.717, 1.165) is 38.1 Å². The van der Waals surface area contributed by atoms with Gasteiger partial charge in [0.2, 0.25) is 0 Å². The molecule has 9 heteroatoms. The Kier molecular flexibility index (Phi) is 7.42. The van der Waals surface area contributed by atoms with E-state index in [9.17, 15) is 13.6 Å². The molecule has 3 aromatic rings. The molecular formula is C24H21Cl2F2N3O2. The number of halogens is 4. The number of para-hydroxylation sites is 1. The van der Waals surface area contributed by atoms with Gasteiger partial charge in [0.1, 0.15) is 24.0 Å². The van der Waals surface area contributed by atoms with Crippen LogP contribution in [0.3, 0.4) is 0 Å². The number of nitrogens with zero attached hydrogens (tertiary/aromatic N) is 3. The molecule has 1 aromatic heterocycles. The van der Waals surface area contributed by atoms with Gasteiger partial charge in [0, 0.05) is 36.0 Å². The average Bonchev–Trinajstić information content (AvgIpc) is 3.29. The van der Waals surface area contributed by atoms with Gasteiger partial charge in [-0.25, -0.2) is 8.78 Å². The second kappa shape index (κ2) is 10.5. The van der Waals surface area contributed by atoms with E-state index in [0.29, 0.717) is 24.4 Å². The molecule has 5 nitrogen and oxygen atoms in total. The number of pyridine rings is 1. The SMILES string of the molecule is O=c1ccc(/C(=N\OCCN2CCCC2)c2ccc(F)cc2F)cn1-c1c(Cl)cccc1Cl. The van der Waals surface area contributed by atoms with Gasteiger partial charge in [-0.2, -0.15) is 0 Å². The Morgan fingerprint density at radius 1 is 1.03 bits per heavy atom. The molecule has 2 heterocycles. The first-order valence-electron chi connectivity index (χ1n) is 10.5. The van der Waals surface area contributed by atoms with Crippen molar-refractivity contribution in [3.05, 3.63) is 97.9 Å². The molecule has 0 aliphatic carbocycles. The molecule has 0 atom stereocenters. The Labute approximate surface area is 199 Å². The Hall–Kier alpha value is -2.74. The zero-order valence-corrected chi connectivity index (χ0v) is 19.1. The topological polar surface area (TPSA) is 46.8 Å². The zero-order chi connectivity index (χ0) is 23.4. The van der Waals surface area contributed by atoms with Crippen molar-refractivity contribution in [2.45, 2.75) is 12.8 Å². The van der Waals surface area contributed by atoms with Crippen LogP contribution >= 0.6 is 23.2 Å². The predicted molar refractivity (Wildman–Crippen MR) is 126 cm³/mol. The van der Waals surface area contributed by atoms with Gasteiger partial charge in [0.05, 0.1) is 15.7 Å². The van der Waals surface area contributed by atoms with Gasteiger partial charge < -0.3 is 4.84 Å². The van der Waals surface area contributed by atoms with Crippen molar-refractivity contribution in [1.82, 2.24) is 9.47 Å². The van der Waals surface area contributed by atoms with Crippen LogP contribution in [0.1, 0.15) is 24.0 Å². The van der Waals surface area contributed by atoms with Crippen LogP contribution in [-0.2, 0) is 4.84 Å². The van der Waals surface area contributed by atoms with E-state index >= 15 is 0 Å². The van der Waals surface area contributed by atoms with Crippen LogP contribution in [0, 0.1) is 11.6 Å². The van der Waals surface area contributed by atoms with E-state index in [4.69, 9.17) is 28.0 Å². The van der Waals surface area contributed by atoms with Crippen molar-refractivity contribution in [3.8, 4) is 5.69 Å². The first-order chi connectivity index (χ1) is 15.9. The minimum atomic E-state index is -0.801. The molecule has 0 bridgehead atoms. The van der Waals surface area contributed by atoms with Gasteiger partial charge in [-0.3, -0.25) is 14.3 Å². The normalized spacial score (nSPS) is 14.6. The molecule has 1 aliphatic heterocycles. The first-order valence-corrected chi connectivity index (χ1v) is 11.2. The highest BCUT2D eigenvalue weighted by Gasteiger charge is 2.18. The molecule has 0 N–H and O–H groups in total. The summed E-state index contributed by atoms with van der Waals surface area (Å²) in [4.78, 5) is 20.4. The van der Waals surface area contributed by atoms with E-state index in [-0.39, 0.29) is 26.9 Å². The van der Waals surface area contributed by atoms with Gasteiger partial charge >= 0.3 is 0 Å². The third-order valence-electron chi connectivity index (χ3n) is 5.40. The maximum atomic E-state index is 14.7. The minimum absolute atomic E-state index is 0.0352. The molecule has 1 saturated heterocycles. The number of hydrogen-bond donors (Lipinski definition) is 0. The lowest BCUT2D eigenvalue weighted by molar-refractivity contribution is 0.119. The minimum Gasteiger partial charge on any atom is -0.394 e. The van der Waals surface area contributed by atoms with Crippen LogP contribution in [0.2, 0.25) is 10.0 Å². The lowest BCUT2D eigenvalue weighted by atomic mass is 10.0. The maximum absolute atomic E-state index is 14.7. The van der Waals surface area contributed by atoms with Crippen LogP contribution in [0.25, 0.3) is 5.69 Å². The van der Waals surface area contributed by atoms with Crippen molar-refractivity contribution in [2.75, 3.05) is 26.2 Å². The van der Waals surface area contributed by atoms with Crippen LogP contribution in [0.15, 0.2) is 64.7 Å². The summed E-state index contributed by atoms with van der Waals surface area (Å²) in [6.45, 7) is 3.02. The number of benzene rings is 2. The van der Waals surface area contributed by atoms with Crippen molar-refractivity contribution in [1.29, 1.82) is 0 Å². The second-order valence-electron chi connectivity index (χ2n) is 7.64. The van der Waals surface area contributed by atoms with Crippen LogP contribution in [0.4, 0.5) is 8.78 Å². The fourth-order valence-electron chi connectivity index (χ4n) is 3.75. The monoisotopic (exact) mass is 491 g/mol. The van der Waals surface area contributed by atoms with Crippen molar-refractivity contribution >= 4 is 28.9 Å². The molecular weight excluding hydrogens is 471 g/mol. The van der Waals surface area contributed by atoms with E-state index in [2.05, 4.69) is 10.1 Å². The summed E-state index contributed by atoms with van der Waals surface area (Å²) in [6, 6.07) is 10.9. The molecule has 1 aliphatic rings. The molecule has 172 valence electrons. The van der Waals surface area contributed by atoms with Gasteiger partial charge in [-0.15, -0.1) is 0 Å². The molecule has 0 saturated carbocycles. The van der Waals surface area contributed by atoms with Crippen molar-refractivity contribution < 1.29 is 13.6 Å². The van der Waals surface area contributed by atoms with Gasteiger partial charge in [0.25, 0.3) is 5.56 Å². The van der Waals surface area contributed by atoms with Gasteiger partial charge in [-0.05, 0) is 56.3 Å². The summed E-state index contributed by atoms with van der Waals surface area (Å²) in [5, 5.41) is 4.72. The van der Waals surface area contributed by atoms with E-state index < -0.39 is 11.6 Å². The number of likely N-dealkylation sites (tertiary alicyclic amines) is 1. The summed E-state index contributed by atoms with van der Waals surface area (Å²) >= 11 is 12.6. The number of hydrogen-bond acceptors (Lipinski definition) is 4. The predicted octanol–water partition coefficient (Wildman–Crippen LogP) is 5.29. The number of oxime groups is 1. The smallest absolute Gasteiger partial charge is 0.255 e. The Balaban J connectivity index is 1.73. The number of rotatable bonds is 7. The van der Waals surface area contributed by atoms with E-state index in [1.54, 1.807) is 18.2 Å². The fraction of sp³-hybridized carbons (Fsp3) is 0.250. The van der Waals surface area contributed by atoms with Gasteiger partial charge in [-0.1, -0.05) is 34.4 Å². The van der Waals surface area contributed by atoms with E-state index in [1.165, 1.54) is 29.0 Å². The lowest BCUT2D eigenvalue weighted by Gasteiger charge is -2.15. The molecule has 33 heavy (non-hydrogen) atoms. The molecule has 2 aromatic carbocycles. The highest BCUT2D eigenvalue weighted by molar-refractivity contribution is 6.37. The van der Waals surface area contributed by atoms with Crippen molar-refractivity contribution in [2.24, 2.45) is 5.16 Å². The van der Waals surface area contributed by atoms with E-state index in [1.807, 2.05) is 0 Å². The molecule has 0 amide bonds. The quantitative estimate of drug-likeness (QED) is 0.256. The van der Waals surface area contributed by atoms with Crippen molar-refractivity contribution in [3.63, 3.8) is 0 Å². The second-order valence-corrected chi connectivity index (χ2v) is 8.46. The summed E-state index contributed by atoms with van der Waals surface area (Å²) in [6.07, 6.45) is 3.77. The first kappa shape index (κ1) is 23.4. The molecule has 0 spiro atoms. The van der Waals surface area contributed by atoms with Gasteiger partial charge in [0.15, 0.2) is 0 Å². The molecule has 0 unspecified atom stereocenters. The Bertz CT molecular complexity index is 1220. The maximum Gasteiger partial charge on any atom is 0.255 e. The Morgan fingerprint density at radius 2 is 1.76 bits per heavy atom.